The lowest BCUT2D eigenvalue weighted by molar-refractivity contribution is -0.121. The minimum absolute atomic E-state index is 0.201. The maximum atomic E-state index is 11.4. The number of carbonyl (C=O) groups is 1. The number of hydrogen-bond acceptors (Lipinski definition) is 3. The molecule has 18 heavy (non-hydrogen) atoms. The summed E-state index contributed by atoms with van der Waals surface area (Å²) in [6.45, 7) is 1.84. The molecule has 1 amide bonds. The zero-order valence-electron chi connectivity index (χ0n) is 10.7. The van der Waals surface area contributed by atoms with Crippen LogP contribution in [0.1, 0.15) is 31.2 Å². The Kier molecular flexibility index (Phi) is 5.15. The summed E-state index contributed by atoms with van der Waals surface area (Å²) in [5.41, 5.74) is 1.25. The molecule has 1 aliphatic rings. The van der Waals surface area contributed by atoms with Crippen molar-refractivity contribution in [2.45, 2.75) is 38.1 Å². The van der Waals surface area contributed by atoms with Gasteiger partial charge in [-0.1, -0.05) is 6.07 Å². The maximum Gasteiger partial charge on any atom is 0.220 e. The van der Waals surface area contributed by atoms with Crippen LogP contribution in [-0.4, -0.2) is 30.0 Å². The van der Waals surface area contributed by atoms with Crippen LogP contribution in [0.2, 0.25) is 0 Å². The Hall–Kier alpha value is -1.42. The molecule has 4 nitrogen and oxygen atoms in total. The molecule has 0 saturated heterocycles. The van der Waals surface area contributed by atoms with Gasteiger partial charge in [0.1, 0.15) is 0 Å². The predicted octanol–water partition coefficient (Wildman–Crippen LogP) is 1.27. The molecule has 0 atom stereocenters. The van der Waals surface area contributed by atoms with Crippen molar-refractivity contribution in [2.24, 2.45) is 0 Å². The van der Waals surface area contributed by atoms with E-state index in [1.165, 1.54) is 5.56 Å². The van der Waals surface area contributed by atoms with Gasteiger partial charge in [-0.25, -0.2) is 0 Å². The minimum atomic E-state index is 0.201. The number of carbonyl (C=O) groups excluding carboxylic acids is 1. The van der Waals surface area contributed by atoms with E-state index in [2.05, 4.69) is 21.7 Å². The first-order valence-electron chi connectivity index (χ1n) is 6.73. The average molecular weight is 247 g/mol. The van der Waals surface area contributed by atoms with Crippen molar-refractivity contribution < 1.29 is 4.79 Å². The van der Waals surface area contributed by atoms with Gasteiger partial charge in [-0.3, -0.25) is 9.78 Å². The normalized spacial score (nSPS) is 14.4. The van der Waals surface area contributed by atoms with Gasteiger partial charge in [0, 0.05) is 24.9 Å². The summed E-state index contributed by atoms with van der Waals surface area (Å²) in [7, 11) is 0. The molecule has 0 aliphatic heterocycles. The average Bonchev–Trinajstić information content (AvgIpc) is 3.19. The molecule has 1 saturated carbocycles. The fraction of sp³-hybridized carbons (Fsp3) is 0.571. The van der Waals surface area contributed by atoms with Gasteiger partial charge >= 0.3 is 0 Å². The van der Waals surface area contributed by atoms with Crippen LogP contribution in [0.4, 0.5) is 0 Å². The Morgan fingerprint density at radius 1 is 1.39 bits per heavy atom. The second kappa shape index (κ2) is 7.11. The Balaban J connectivity index is 1.45. The molecule has 0 bridgehead atoms. The molecule has 1 heterocycles. The SMILES string of the molecule is O=C(CCCNCCc1cccnc1)NC1CC1. The fourth-order valence-electron chi connectivity index (χ4n) is 1.81. The highest BCUT2D eigenvalue weighted by Crippen LogP contribution is 2.18. The summed E-state index contributed by atoms with van der Waals surface area (Å²) < 4.78 is 0. The molecule has 0 radical (unpaired) electrons. The van der Waals surface area contributed by atoms with Gasteiger partial charge in [0.25, 0.3) is 0 Å². The van der Waals surface area contributed by atoms with Gasteiger partial charge < -0.3 is 10.6 Å². The van der Waals surface area contributed by atoms with Crippen molar-refractivity contribution in [1.82, 2.24) is 15.6 Å². The summed E-state index contributed by atoms with van der Waals surface area (Å²) in [6.07, 6.45) is 8.54. The van der Waals surface area contributed by atoms with E-state index in [9.17, 15) is 4.79 Å². The van der Waals surface area contributed by atoms with E-state index in [0.29, 0.717) is 12.5 Å². The van der Waals surface area contributed by atoms with E-state index < -0.39 is 0 Å². The molecule has 98 valence electrons. The molecule has 0 aromatic carbocycles. The molecule has 1 aromatic heterocycles. The standard InChI is InChI=1S/C14H21N3O/c18-14(17-13-5-6-13)4-2-8-15-10-7-12-3-1-9-16-11-12/h1,3,9,11,13,15H,2,4-8,10H2,(H,17,18). The lowest BCUT2D eigenvalue weighted by Gasteiger charge is -2.05. The van der Waals surface area contributed by atoms with Crippen molar-refractivity contribution in [3.63, 3.8) is 0 Å². The quantitative estimate of drug-likeness (QED) is 0.680. The molecular weight excluding hydrogens is 226 g/mol. The first-order valence-corrected chi connectivity index (χ1v) is 6.73. The summed E-state index contributed by atoms with van der Waals surface area (Å²) in [6, 6.07) is 4.52. The van der Waals surface area contributed by atoms with Crippen molar-refractivity contribution in [3.8, 4) is 0 Å². The number of rotatable bonds is 8. The Bertz CT molecular complexity index is 363. The maximum absolute atomic E-state index is 11.4. The zero-order chi connectivity index (χ0) is 12.6. The van der Waals surface area contributed by atoms with Crippen LogP contribution in [0.15, 0.2) is 24.5 Å². The van der Waals surface area contributed by atoms with Gasteiger partial charge in [0.2, 0.25) is 5.91 Å². The molecular formula is C14H21N3O. The number of nitrogens with one attached hydrogen (secondary N) is 2. The van der Waals surface area contributed by atoms with Crippen LogP contribution < -0.4 is 10.6 Å². The van der Waals surface area contributed by atoms with Crippen molar-refractivity contribution in [3.05, 3.63) is 30.1 Å². The number of nitrogens with zero attached hydrogens (tertiary/aromatic N) is 1. The van der Waals surface area contributed by atoms with Crippen molar-refractivity contribution in [2.75, 3.05) is 13.1 Å². The van der Waals surface area contributed by atoms with Gasteiger partial charge in [-0.15, -0.1) is 0 Å². The Morgan fingerprint density at radius 3 is 3.00 bits per heavy atom. The van der Waals surface area contributed by atoms with Crippen LogP contribution in [0.3, 0.4) is 0 Å². The van der Waals surface area contributed by atoms with E-state index in [4.69, 9.17) is 0 Å². The van der Waals surface area contributed by atoms with Gasteiger partial charge in [-0.2, -0.15) is 0 Å². The van der Waals surface area contributed by atoms with Gasteiger partial charge in [-0.05, 0) is 50.4 Å². The summed E-state index contributed by atoms with van der Waals surface area (Å²) in [5, 5.41) is 6.35. The zero-order valence-corrected chi connectivity index (χ0v) is 10.7. The Labute approximate surface area is 108 Å². The minimum Gasteiger partial charge on any atom is -0.353 e. The fourth-order valence-corrected chi connectivity index (χ4v) is 1.81. The number of amides is 1. The molecule has 1 aliphatic carbocycles. The van der Waals surface area contributed by atoms with Crippen LogP contribution in [0.25, 0.3) is 0 Å². The van der Waals surface area contributed by atoms with Crippen molar-refractivity contribution in [1.29, 1.82) is 0 Å². The van der Waals surface area contributed by atoms with E-state index in [1.807, 2.05) is 12.3 Å². The van der Waals surface area contributed by atoms with Crippen LogP contribution in [0, 0.1) is 0 Å². The second-order valence-corrected chi connectivity index (χ2v) is 4.81. The predicted molar refractivity (Wildman–Crippen MR) is 71.2 cm³/mol. The van der Waals surface area contributed by atoms with Crippen molar-refractivity contribution >= 4 is 5.91 Å². The lowest BCUT2D eigenvalue weighted by Crippen LogP contribution is -2.26. The smallest absolute Gasteiger partial charge is 0.220 e. The third-order valence-electron chi connectivity index (χ3n) is 3.01. The van der Waals surface area contributed by atoms with E-state index in [-0.39, 0.29) is 5.91 Å². The molecule has 2 N–H and O–H groups in total. The molecule has 1 fully saturated rings. The van der Waals surface area contributed by atoms with Gasteiger partial charge in [0.05, 0.1) is 0 Å². The number of aromatic nitrogens is 1. The third kappa shape index (κ3) is 5.27. The Morgan fingerprint density at radius 2 is 2.28 bits per heavy atom. The monoisotopic (exact) mass is 247 g/mol. The summed E-state index contributed by atoms with van der Waals surface area (Å²) >= 11 is 0. The molecule has 1 aromatic rings. The number of hydrogen-bond donors (Lipinski definition) is 2. The van der Waals surface area contributed by atoms with Crippen LogP contribution in [-0.2, 0) is 11.2 Å². The first-order chi connectivity index (χ1) is 8.84. The van der Waals surface area contributed by atoms with E-state index in [0.717, 1.165) is 38.8 Å². The van der Waals surface area contributed by atoms with Crippen LogP contribution in [0.5, 0.6) is 0 Å². The first kappa shape index (κ1) is 13.0. The summed E-state index contributed by atoms with van der Waals surface area (Å²) in [5.74, 6) is 0.201. The molecule has 4 heteroatoms. The van der Waals surface area contributed by atoms with E-state index in [1.54, 1.807) is 6.20 Å². The third-order valence-corrected chi connectivity index (χ3v) is 3.01. The van der Waals surface area contributed by atoms with Gasteiger partial charge in [0.15, 0.2) is 0 Å². The van der Waals surface area contributed by atoms with Crippen LogP contribution >= 0.6 is 0 Å². The highest BCUT2D eigenvalue weighted by molar-refractivity contribution is 5.76. The molecule has 2 rings (SSSR count). The number of pyridine rings is 1. The van der Waals surface area contributed by atoms with E-state index >= 15 is 0 Å². The highest BCUT2D eigenvalue weighted by atomic mass is 16.1. The topological polar surface area (TPSA) is 54.0 Å². The molecule has 0 spiro atoms. The summed E-state index contributed by atoms with van der Waals surface area (Å²) in [4.78, 5) is 15.5. The highest BCUT2D eigenvalue weighted by Gasteiger charge is 2.22. The largest absolute Gasteiger partial charge is 0.353 e. The molecule has 0 unspecified atom stereocenters. The second-order valence-electron chi connectivity index (χ2n) is 4.81. The lowest BCUT2D eigenvalue weighted by atomic mass is 10.2.